The van der Waals surface area contributed by atoms with Crippen molar-refractivity contribution in [3.05, 3.63) is 35.4 Å². The molecule has 0 spiro atoms. The lowest BCUT2D eigenvalue weighted by molar-refractivity contribution is 0.186. The number of hydrogen-bond acceptors (Lipinski definition) is 2. The summed E-state index contributed by atoms with van der Waals surface area (Å²) in [5.41, 5.74) is 0.839. The molecule has 1 aliphatic rings. The van der Waals surface area contributed by atoms with E-state index in [0.29, 0.717) is 12.6 Å². The molecule has 0 saturated carbocycles. The van der Waals surface area contributed by atoms with Gasteiger partial charge in [0.1, 0.15) is 0 Å². The molecule has 2 nitrogen and oxygen atoms in total. The molecule has 1 atom stereocenters. The number of nitrogens with zero attached hydrogens (tertiary/aromatic N) is 1. The summed E-state index contributed by atoms with van der Waals surface area (Å²) < 4.78 is 26.0. The van der Waals surface area contributed by atoms with Crippen molar-refractivity contribution < 1.29 is 8.78 Å². The number of hydrogen-bond donors (Lipinski definition) is 1. The molecule has 0 aromatic heterocycles. The molecular formula is C14H20F2N2. The molecule has 4 heteroatoms. The van der Waals surface area contributed by atoms with Gasteiger partial charge >= 0.3 is 0 Å². The Balaban J connectivity index is 1.93. The Morgan fingerprint density at radius 1 is 1.33 bits per heavy atom. The van der Waals surface area contributed by atoms with Crippen molar-refractivity contribution in [3.63, 3.8) is 0 Å². The highest BCUT2D eigenvalue weighted by Crippen LogP contribution is 2.13. The van der Waals surface area contributed by atoms with Crippen LogP contribution in [0.15, 0.2) is 18.2 Å². The summed E-state index contributed by atoms with van der Waals surface area (Å²) in [7, 11) is 0. The topological polar surface area (TPSA) is 15.3 Å². The quantitative estimate of drug-likeness (QED) is 0.888. The van der Waals surface area contributed by atoms with Gasteiger partial charge in [-0.1, -0.05) is 19.4 Å². The average molecular weight is 254 g/mol. The Morgan fingerprint density at radius 2 is 2.17 bits per heavy atom. The highest BCUT2D eigenvalue weighted by molar-refractivity contribution is 5.17. The van der Waals surface area contributed by atoms with Crippen LogP contribution in [0.5, 0.6) is 0 Å². The molecule has 0 amide bonds. The molecule has 1 N–H and O–H groups in total. The normalized spacial score (nSPS) is 21.2. The summed E-state index contributed by atoms with van der Waals surface area (Å²) >= 11 is 0. The lowest BCUT2D eigenvalue weighted by atomic mass is 10.1. The van der Waals surface area contributed by atoms with E-state index in [0.717, 1.165) is 38.0 Å². The number of piperazine rings is 1. The van der Waals surface area contributed by atoms with Crippen molar-refractivity contribution >= 4 is 0 Å². The van der Waals surface area contributed by atoms with Gasteiger partial charge in [-0.15, -0.1) is 0 Å². The molecular weight excluding hydrogens is 234 g/mol. The minimum absolute atomic E-state index is 0.522. The van der Waals surface area contributed by atoms with E-state index in [-0.39, 0.29) is 0 Å². The Kier molecular flexibility index (Phi) is 4.66. The standard InChI is InChI=1S/C14H20F2N2/c1-2-3-12-10-18(7-6-17-12)9-11-4-5-13(15)14(16)8-11/h4-5,8,12,17H,2-3,6-7,9-10H2,1H3. The monoisotopic (exact) mass is 254 g/mol. The second-order valence-electron chi connectivity index (χ2n) is 4.92. The van der Waals surface area contributed by atoms with E-state index in [1.165, 1.54) is 12.1 Å². The predicted molar refractivity (Wildman–Crippen MR) is 68.3 cm³/mol. The SMILES string of the molecule is CCCC1CN(Cc2ccc(F)c(F)c2)CCN1. The van der Waals surface area contributed by atoms with Gasteiger partial charge in [-0.2, -0.15) is 0 Å². The van der Waals surface area contributed by atoms with E-state index in [2.05, 4.69) is 17.1 Å². The first-order chi connectivity index (χ1) is 8.69. The van der Waals surface area contributed by atoms with E-state index < -0.39 is 11.6 Å². The zero-order valence-corrected chi connectivity index (χ0v) is 10.8. The summed E-state index contributed by atoms with van der Waals surface area (Å²) in [6.07, 6.45) is 2.32. The Hall–Kier alpha value is -1.00. The Morgan fingerprint density at radius 3 is 2.89 bits per heavy atom. The number of halogens is 2. The van der Waals surface area contributed by atoms with Crippen molar-refractivity contribution in [2.75, 3.05) is 19.6 Å². The molecule has 1 aliphatic heterocycles. The van der Waals surface area contributed by atoms with Gasteiger partial charge in [-0.25, -0.2) is 8.78 Å². The lowest BCUT2D eigenvalue weighted by Gasteiger charge is -2.33. The summed E-state index contributed by atoms with van der Waals surface area (Å²) in [5.74, 6) is -1.53. The Bertz CT molecular complexity index is 393. The second-order valence-corrected chi connectivity index (χ2v) is 4.92. The molecule has 100 valence electrons. The predicted octanol–water partition coefficient (Wildman–Crippen LogP) is 2.54. The van der Waals surface area contributed by atoms with Gasteiger partial charge in [0.2, 0.25) is 0 Å². The summed E-state index contributed by atoms with van der Waals surface area (Å²) in [5, 5.41) is 3.48. The third-order valence-electron chi connectivity index (χ3n) is 3.37. The molecule has 0 radical (unpaired) electrons. The van der Waals surface area contributed by atoms with Crippen LogP contribution in [0.1, 0.15) is 25.3 Å². The molecule has 18 heavy (non-hydrogen) atoms. The molecule has 1 saturated heterocycles. The summed E-state index contributed by atoms with van der Waals surface area (Å²) in [4.78, 5) is 2.30. The maximum Gasteiger partial charge on any atom is 0.159 e. The smallest absolute Gasteiger partial charge is 0.159 e. The highest BCUT2D eigenvalue weighted by atomic mass is 19.2. The van der Waals surface area contributed by atoms with Gasteiger partial charge in [-0.05, 0) is 24.1 Å². The van der Waals surface area contributed by atoms with Crippen molar-refractivity contribution in [3.8, 4) is 0 Å². The van der Waals surface area contributed by atoms with Crippen LogP contribution < -0.4 is 5.32 Å². The van der Waals surface area contributed by atoms with Crippen LogP contribution in [0.3, 0.4) is 0 Å². The third-order valence-corrected chi connectivity index (χ3v) is 3.37. The van der Waals surface area contributed by atoms with Gasteiger partial charge in [0.15, 0.2) is 11.6 Å². The van der Waals surface area contributed by atoms with E-state index in [4.69, 9.17) is 0 Å². The minimum atomic E-state index is -0.775. The van der Waals surface area contributed by atoms with Gasteiger partial charge in [-0.3, -0.25) is 4.90 Å². The first-order valence-electron chi connectivity index (χ1n) is 6.58. The molecule has 2 rings (SSSR count). The number of nitrogens with one attached hydrogen (secondary N) is 1. The van der Waals surface area contributed by atoms with Crippen LogP contribution in [0.2, 0.25) is 0 Å². The van der Waals surface area contributed by atoms with Crippen LogP contribution in [0, 0.1) is 11.6 Å². The molecule has 1 fully saturated rings. The fraction of sp³-hybridized carbons (Fsp3) is 0.571. The van der Waals surface area contributed by atoms with Gasteiger partial charge in [0, 0.05) is 32.2 Å². The molecule has 1 heterocycles. The minimum Gasteiger partial charge on any atom is -0.311 e. The Labute approximate surface area is 107 Å². The highest BCUT2D eigenvalue weighted by Gasteiger charge is 2.18. The zero-order valence-electron chi connectivity index (χ0n) is 10.8. The van der Waals surface area contributed by atoms with Crippen molar-refractivity contribution in [1.82, 2.24) is 10.2 Å². The van der Waals surface area contributed by atoms with Crippen LogP contribution in [0.25, 0.3) is 0 Å². The number of benzene rings is 1. The average Bonchev–Trinajstić information content (AvgIpc) is 2.35. The lowest BCUT2D eigenvalue weighted by Crippen LogP contribution is -2.50. The van der Waals surface area contributed by atoms with Gasteiger partial charge in [0.25, 0.3) is 0 Å². The molecule has 0 aliphatic carbocycles. The first-order valence-corrected chi connectivity index (χ1v) is 6.58. The zero-order chi connectivity index (χ0) is 13.0. The van der Waals surface area contributed by atoms with E-state index in [9.17, 15) is 8.78 Å². The van der Waals surface area contributed by atoms with Gasteiger partial charge in [0.05, 0.1) is 0 Å². The maximum atomic E-state index is 13.1. The van der Waals surface area contributed by atoms with E-state index in [1.54, 1.807) is 6.07 Å². The summed E-state index contributed by atoms with van der Waals surface area (Å²) in [6.45, 7) is 5.77. The first kappa shape index (κ1) is 13.4. The van der Waals surface area contributed by atoms with Crippen LogP contribution in [-0.2, 0) is 6.54 Å². The van der Waals surface area contributed by atoms with Crippen LogP contribution in [0.4, 0.5) is 8.78 Å². The molecule has 1 aromatic rings. The maximum absolute atomic E-state index is 13.1. The second kappa shape index (κ2) is 6.25. The van der Waals surface area contributed by atoms with Crippen molar-refractivity contribution in [2.45, 2.75) is 32.4 Å². The fourth-order valence-corrected chi connectivity index (χ4v) is 2.48. The van der Waals surface area contributed by atoms with E-state index in [1.807, 2.05) is 0 Å². The molecule has 1 aromatic carbocycles. The van der Waals surface area contributed by atoms with Crippen molar-refractivity contribution in [1.29, 1.82) is 0 Å². The van der Waals surface area contributed by atoms with Crippen molar-refractivity contribution in [2.24, 2.45) is 0 Å². The number of rotatable bonds is 4. The van der Waals surface area contributed by atoms with E-state index >= 15 is 0 Å². The summed E-state index contributed by atoms with van der Waals surface area (Å²) in [6, 6.07) is 4.69. The van der Waals surface area contributed by atoms with Gasteiger partial charge < -0.3 is 5.32 Å². The molecule has 0 bridgehead atoms. The largest absolute Gasteiger partial charge is 0.311 e. The molecule has 1 unspecified atom stereocenters. The fourth-order valence-electron chi connectivity index (χ4n) is 2.48. The van der Waals surface area contributed by atoms with Crippen LogP contribution >= 0.6 is 0 Å². The third kappa shape index (κ3) is 3.50. The van der Waals surface area contributed by atoms with Crippen LogP contribution in [-0.4, -0.2) is 30.6 Å².